The molecule has 8 heteroatoms. The minimum Gasteiger partial charge on any atom is -0.497 e. The Morgan fingerprint density at radius 3 is 2.30 bits per heavy atom. The van der Waals surface area contributed by atoms with Gasteiger partial charge in [0.25, 0.3) is 0 Å². The molecule has 3 aromatic carbocycles. The Labute approximate surface area is 222 Å². The maximum atomic E-state index is 12.7. The lowest BCUT2D eigenvalue weighted by Gasteiger charge is -2.12. The van der Waals surface area contributed by atoms with E-state index >= 15 is 0 Å². The van der Waals surface area contributed by atoms with E-state index in [0.29, 0.717) is 16.9 Å². The molecule has 1 heterocycles. The summed E-state index contributed by atoms with van der Waals surface area (Å²) in [4.78, 5) is 12.7. The molecule has 0 aliphatic carbocycles. The highest BCUT2D eigenvalue weighted by Gasteiger charge is 2.17. The van der Waals surface area contributed by atoms with Crippen LogP contribution in [0.5, 0.6) is 11.5 Å². The quantitative estimate of drug-likeness (QED) is 0.232. The third-order valence-corrected chi connectivity index (χ3v) is 7.06. The van der Waals surface area contributed by atoms with Crippen LogP contribution in [0.4, 0.5) is 5.69 Å². The second-order valence-electron chi connectivity index (χ2n) is 8.80. The summed E-state index contributed by atoms with van der Waals surface area (Å²) in [5, 5.41) is 12.3. The van der Waals surface area contributed by atoms with Crippen molar-refractivity contribution >= 4 is 23.4 Å². The lowest BCUT2D eigenvalue weighted by Crippen LogP contribution is -2.15. The number of nitrogens with zero attached hydrogens (tertiary/aromatic N) is 3. The molecule has 0 radical (unpaired) electrons. The van der Waals surface area contributed by atoms with Crippen molar-refractivity contribution in [2.45, 2.75) is 44.9 Å². The molecule has 1 atom stereocenters. The fourth-order valence-corrected chi connectivity index (χ4v) is 4.49. The second kappa shape index (κ2) is 12.5. The number of nitrogens with one attached hydrogen (secondary N) is 1. The molecule has 7 nitrogen and oxygen atoms in total. The van der Waals surface area contributed by atoms with Crippen molar-refractivity contribution in [1.29, 1.82) is 0 Å². The number of hydrogen-bond donors (Lipinski definition) is 1. The first-order chi connectivity index (χ1) is 18.0. The van der Waals surface area contributed by atoms with Crippen LogP contribution in [0, 0.1) is 6.92 Å². The highest BCUT2D eigenvalue weighted by Crippen LogP contribution is 2.26. The normalized spacial score (nSPS) is 11.7. The van der Waals surface area contributed by atoms with Gasteiger partial charge in [-0.05, 0) is 73.4 Å². The Morgan fingerprint density at radius 1 is 0.973 bits per heavy atom. The average Bonchev–Trinajstić information content (AvgIpc) is 3.34. The van der Waals surface area contributed by atoms with E-state index in [-0.39, 0.29) is 18.3 Å². The average molecular weight is 517 g/mol. The number of ether oxygens (including phenoxy) is 2. The number of hydrogen-bond acceptors (Lipinski definition) is 6. The van der Waals surface area contributed by atoms with Gasteiger partial charge in [0.1, 0.15) is 18.1 Å². The molecule has 37 heavy (non-hydrogen) atoms. The lowest BCUT2D eigenvalue weighted by atomic mass is 9.99. The Balaban J connectivity index is 1.47. The lowest BCUT2D eigenvalue weighted by molar-refractivity contribution is -0.113. The zero-order valence-corrected chi connectivity index (χ0v) is 22.4. The second-order valence-corrected chi connectivity index (χ2v) is 9.74. The number of carbonyl (C=O) groups excluding carboxylic acids is 1. The topological polar surface area (TPSA) is 78.3 Å². The van der Waals surface area contributed by atoms with Gasteiger partial charge in [-0.25, -0.2) is 0 Å². The van der Waals surface area contributed by atoms with Crippen LogP contribution in [0.25, 0.3) is 5.69 Å². The standard InChI is InChI=1S/C29H32N4O3S/c1-5-21(3)22-8-10-23(11-9-22)30-28(34)19-37-29-32-31-27(18-36-26-14-6-20(2)7-15-26)33(29)24-12-16-25(35-4)17-13-24/h6-17,21H,5,18-19H2,1-4H3,(H,30,34). The molecule has 1 aromatic heterocycles. The Morgan fingerprint density at radius 2 is 1.65 bits per heavy atom. The van der Waals surface area contributed by atoms with Crippen LogP contribution in [0.3, 0.4) is 0 Å². The van der Waals surface area contributed by atoms with Crippen molar-refractivity contribution in [3.63, 3.8) is 0 Å². The molecule has 0 aliphatic rings. The molecular weight excluding hydrogens is 484 g/mol. The fourth-order valence-electron chi connectivity index (χ4n) is 3.72. The van der Waals surface area contributed by atoms with Gasteiger partial charge in [-0.1, -0.05) is 55.4 Å². The van der Waals surface area contributed by atoms with Crippen LogP contribution in [0.2, 0.25) is 0 Å². The summed E-state index contributed by atoms with van der Waals surface area (Å²) in [5.41, 5.74) is 4.07. The zero-order valence-electron chi connectivity index (χ0n) is 21.6. The summed E-state index contributed by atoms with van der Waals surface area (Å²) >= 11 is 1.33. The largest absolute Gasteiger partial charge is 0.497 e. The number of aromatic nitrogens is 3. The highest BCUT2D eigenvalue weighted by atomic mass is 32.2. The molecule has 1 N–H and O–H groups in total. The predicted octanol–water partition coefficient (Wildman–Crippen LogP) is 6.41. The molecule has 192 valence electrons. The van der Waals surface area contributed by atoms with Gasteiger partial charge in [-0.2, -0.15) is 0 Å². The number of carbonyl (C=O) groups is 1. The molecule has 0 aliphatic heterocycles. The zero-order chi connectivity index (χ0) is 26.2. The van der Waals surface area contributed by atoms with E-state index in [0.717, 1.165) is 34.9 Å². The van der Waals surface area contributed by atoms with E-state index in [1.807, 2.05) is 72.2 Å². The van der Waals surface area contributed by atoms with Gasteiger partial charge in [-0.3, -0.25) is 9.36 Å². The van der Waals surface area contributed by atoms with Crippen LogP contribution in [0.15, 0.2) is 78.0 Å². The van der Waals surface area contributed by atoms with Crippen LogP contribution < -0.4 is 14.8 Å². The van der Waals surface area contributed by atoms with Crippen molar-refractivity contribution in [2.24, 2.45) is 0 Å². The van der Waals surface area contributed by atoms with E-state index in [9.17, 15) is 4.79 Å². The molecule has 1 unspecified atom stereocenters. The van der Waals surface area contributed by atoms with Crippen LogP contribution >= 0.6 is 11.8 Å². The molecule has 0 saturated heterocycles. The Hall–Kier alpha value is -3.78. The minimum absolute atomic E-state index is 0.108. The third kappa shape index (κ3) is 6.92. The molecule has 0 saturated carbocycles. The van der Waals surface area contributed by atoms with Crippen molar-refractivity contribution in [3.05, 3.63) is 89.7 Å². The van der Waals surface area contributed by atoms with E-state index in [1.165, 1.54) is 17.3 Å². The number of anilines is 1. The molecule has 4 rings (SSSR count). The SMILES string of the molecule is CCC(C)c1ccc(NC(=O)CSc2nnc(COc3ccc(C)cc3)n2-c2ccc(OC)cc2)cc1. The molecule has 0 bridgehead atoms. The smallest absolute Gasteiger partial charge is 0.234 e. The summed E-state index contributed by atoms with van der Waals surface area (Å²) in [7, 11) is 1.63. The minimum atomic E-state index is -0.108. The molecule has 4 aromatic rings. The predicted molar refractivity (Wildman–Crippen MR) is 148 cm³/mol. The van der Waals surface area contributed by atoms with Gasteiger partial charge < -0.3 is 14.8 Å². The van der Waals surface area contributed by atoms with E-state index in [1.54, 1.807) is 7.11 Å². The van der Waals surface area contributed by atoms with Crippen molar-refractivity contribution in [3.8, 4) is 17.2 Å². The van der Waals surface area contributed by atoms with Crippen LogP contribution in [0.1, 0.15) is 43.1 Å². The highest BCUT2D eigenvalue weighted by molar-refractivity contribution is 7.99. The van der Waals surface area contributed by atoms with Crippen LogP contribution in [-0.4, -0.2) is 33.5 Å². The number of aryl methyl sites for hydroxylation is 1. The molecule has 0 spiro atoms. The van der Waals surface area contributed by atoms with E-state index in [4.69, 9.17) is 9.47 Å². The first-order valence-electron chi connectivity index (χ1n) is 12.3. The maximum absolute atomic E-state index is 12.7. The molecule has 0 fully saturated rings. The number of rotatable bonds is 11. The maximum Gasteiger partial charge on any atom is 0.234 e. The summed E-state index contributed by atoms with van der Waals surface area (Å²) in [6, 6.07) is 23.5. The number of benzene rings is 3. The van der Waals surface area contributed by atoms with Crippen LogP contribution in [-0.2, 0) is 11.4 Å². The van der Waals surface area contributed by atoms with E-state index < -0.39 is 0 Å². The summed E-state index contributed by atoms with van der Waals surface area (Å²) in [6.45, 7) is 6.63. The monoisotopic (exact) mass is 516 g/mol. The third-order valence-electron chi connectivity index (χ3n) is 6.13. The summed E-state index contributed by atoms with van der Waals surface area (Å²) in [6.07, 6.45) is 1.08. The first-order valence-corrected chi connectivity index (χ1v) is 13.3. The molecule has 1 amide bonds. The van der Waals surface area contributed by atoms with Gasteiger partial charge >= 0.3 is 0 Å². The van der Waals surface area contributed by atoms with Gasteiger partial charge in [0.05, 0.1) is 12.9 Å². The van der Waals surface area contributed by atoms with Gasteiger partial charge in [0.15, 0.2) is 11.0 Å². The number of amides is 1. The fraction of sp³-hybridized carbons (Fsp3) is 0.276. The van der Waals surface area contributed by atoms with Gasteiger partial charge in [0, 0.05) is 11.4 Å². The number of methoxy groups -OCH3 is 1. The first kappa shape index (κ1) is 26.3. The number of thioether (sulfide) groups is 1. The van der Waals surface area contributed by atoms with Crippen molar-refractivity contribution in [2.75, 3.05) is 18.2 Å². The van der Waals surface area contributed by atoms with Gasteiger partial charge in [-0.15, -0.1) is 10.2 Å². The van der Waals surface area contributed by atoms with Crippen molar-refractivity contribution < 1.29 is 14.3 Å². The Bertz CT molecular complexity index is 1300. The summed E-state index contributed by atoms with van der Waals surface area (Å²) < 4.78 is 13.2. The van der Waals surface area contributed by atoms with Gasteiger partial charge in [0.2, 0.25) is 5.91 Å². The molecular formula is C29H32N4O3S. The summed E-state index contributed by atoms with van der Waals surface area (Å²) in [5.74, 6) is 2.72. The van der Waals surface area contributed by atoms with E-state index in [2.05, 4.69) is 41.5 Å². The van der Waals surface area contributed by atoms with Crippen molar-refractivity contribution in [1.82, 2.24) is 14.8 Å². The Kier molecular flexibility index (Phi) is 8.85.